The number of hydrogen-bond donors (Lipinski definition) is 2. The highest BCUT2D eigenvalue weighted by Gasteiger charge is 2.18. The molecule has 28 heavy (non-hydrogen) atoms. The number of amides is 1. The van der Waals surface area contributed by atoms with E-state index < -0.39 is 10.0 Å². The van der Waals surface area contributed by atoms with Crippen molar-refractivity contribution in [2.45, 2.75) is 22.2 Å². The van der Waals surface area contributed by atoms with Crippen LogP contribution in [0.2, 0.25) is 0 Å². The van der Waals surface area contributed by atoms with Gasteiger partial charge in [-0.05, 0) is 37.3 Å². The Morgan fingerprint density at radius 2 is 1.79 bits per heavy atom. The van der Waals surface area contributed by atoms with Crippen molar-refractivity contribution < 1.29 is 13.2 Å². The van der Waals surface area contributed by atoms with Crippen LogP contribution < -0.4 is 10.0 Å². The molecule has 0 saturated carbocycles. The average Bonchev–Trinajstić information content (AvgIpc) is 3.07. The van der Waals surface area contributed by atoms with Gasteiger partial charge < -0.3 is 9.88 Å². The number of anilines is 2. The van der Waals surface area contributed by atoms with Crippen molar-refractivity contribution in [2.24, 2.45) is 7.05 Å². The highest BCUT2D eigenvalue weighted by atomic mass is 32.2. The fourth-order valence-corrected chi connectivity index (χ4v) is 3.96. The normalized spacial score (nSPS) is 12.4. The lowest BCUT2D eigenvalue weighted by Gasteiger charge is -2.12. The van der Waals surface area contributed by atoms with Crippen LogP contribution in [0, 0.1) is 0 Å². The Morgan fingerprint density at radius 1 is 1.11 bits per heavy atom. The van der Waals surface area contributed by atoms with Gasteiger partial charge in [-0.15, -0.1) is 0 Å². The number of thioether (sulfide) groups is 1. The summed E-state index contributed by atoms with van der Waals surface area (Å²) >= 11 is 1.33. The molecule has 0 saturated heterocycles. The Labute approximate surface area is 166 Å². The third-order valence-corrected chi connectivity index (χ3v) is 6.17. The Bertz CT molecular complexity index is 1050. The fraction of sp³-hybridized carbons (Fsp3) is 0.176. The molecule has 1 atom stereocenters. The van der Waals surface area contributed by atoms with Crippen LogP contribution in [0.15, 0.2) is 65.2 Å². The summed E-state index contributed by atoms with van der Waals surface area (Å²) in [4.78, 5) is 24.2. The first-order valence-corrected chi connectivity index (χ1v) is 10.6. The van der Waals surface area contributed by atoms with E-state index in [1.165, 1.54) is 48.4 Å². The number of benzene rings is 1. The van der Waals surface area contributed by atoms with Gasteiger partial charge in [0, 0.05) is 37.5 Å². The zero-order valence-electron chi connectivity index (χ0n) is 15.1. The first kappa shape index (κ1) is 19.8. The predicted molar refractivity (Wildman–Crippen MR) is 106 cm³/mol. The summed E-state index contributed by atoms with van der Waals surface area (Å²) in [6, 6.07) is 7.43. The molecule has 1 aromatic carbocycles. The van der Waals surface area contributed by atoms with E-state index in [2.05, 4.69) is 25.0 Å². The summed E-state index contributed by atoms with van der Waals surface area (Å²) in [5, 5.41) is 3.13. The SMILES string of the molecule is CC(Sc1nccn1C)C(=O)Nc1ccc(S(=O)(=O)Nc2ncccn2)cc1. The number of carbonyl (C=O) groups is 1. The number of imidazole rings is 1. The van der Waals surface area contributed by atoms with Crippen molar-refractivity contribution in [2.75, 3.05) is 10.0 Å². The van der Waals surface area contributed by atoms with Crippen molar-refractivity contribution >= 4 is 39.3 Å². The van der Waals surface area contributed by atoms with Gasteiger partial charge in [0.05, 0.1) is 10.1 Å². The number of hydrogen-bond acceptors (Lipinski definition) is 7. The number of sulfonamides is 1. The summed E-state index contributed by atoms with van der Waals surface area (Å²) < 4.78 is 28.8. The Morgan fingerprint density at radius 3 is 2.39 bits per heavy atom. The molecule has 0 bridgehead atoms. The second-order valence-electron chi connectivity index (χ2n) is 5.77. The van der Waals surface area contributed by atoms with Crippen LogP contribution in [0.3, 0.4) is 0 Å². The van der Waals surface area contributed by atoms with Gasteiger partial charge in [-0.3, -0.25) is 4.79 Å². The molecule has 1 unspecified atom stereocenters. The summed E-state index contributed by atoms with van der Waals surface area (Å²) in [6.07, 6.45) is 6.35. The van der Waals surface area contributed by atoms with E-state index in [-0.39, 0.29) is 22.0 Å². The van der Waals surface area contributed by atoms with Gasteiger partial charge in [-0.2, -0.15) is 0 Å². The van der Waals surface area contributed by atoms with Gasteiger partial charge in [0.1, 0.15) is 0 Å². The Kier molecular flexibility index (Phi) is 5.95. The number of aromatic nitrogens is 4. The van der Waals surface area contributed by atoms with Gasteiger partial charge in [0.2, 0.25) is 11.9 Å². The van der Waals surface area contributed by atoms with Crippen LogP contribution in [-0.2, 0) is 21.9 Å². The summed E-state index contributed by atoms with van der Waals surface area (Å²) in [7, 11) is -1.96. The minimum atomic E-state index is -3.82. The van der Waals surface area contributed by atoms with Gasteiger partial charge >= 0.3 is 0 Å². The van der Waals surface area contributed by atoms with Crippen molar-refractivity contribution in [3.05, 3.63) is 55.1 Å². The van der Waals surface area contributed by atoms with Gasteiger partial charge in [0.15, 0.2) is 5.16 Å². The minimum absolute atomic E-state index is 0.0139. The van der Waals surface area contributed by atoms with Crippen LogP contribution >= 0.6 is 11.8 Å². The largest absolute Gasteiger partial charge is 0.329 e. The second-order valence-corrected chi connectivity index (χ2v) is 8.76. The van der Waals surface area contributed by atoms with E-state index in [0.29, 0.717) is 5.69 Å². The van der Waals surface area contributed by atoms with E-state index in [1.54, 1.807) is 25.4 Å². The Balaban J connectivity index is 1.63. The van der Waals surface area contributed by atoms with E-state index >= 15 is 0 Å². The summed E-state index contributed by atoms with van der Waals surface area (Å²) in [5.41, 5.74) is 0.493. The van der Waals surface area contributed by atoms with Crippen molar-refractivity contribution in [1.29, 1.82) is 0 Å². The second kappa shape index (κ2) is 8.40. The van der Waals surface area contributed by atoms with E-state index in [0.717, 1.165) is 5.16 Å². The number of carbonyl (C=O) groups excluding carboxylic acids is 1. The topological polar surface area (TPSA) is 119 Å². The standard InChI is InChI=1S/C17H18N6O3S2/c1-12(27-17-20-10-11-23(17)2)15(24)21-13-4-6-14(7-5-13)28(25,26)22-16-18-8-3-9-19-16/h3-12H,1-2H3,(H,21,24)(H,18,19,22). The molecule has 0 aliphatic heterocycles. The molecule has 9 nitrogen and oxygen atoms in total. The molecule has 1 amide bonds. The molecule has 3 rings (SSSR count). The lowest BCUT2D eigenvalue weighted by atomic mass is 10.3. The Hall–Kier alpha value is -2.92. The molecule has 0 aliphatic rings. The first-order chi connectivity index (χ1) is 13.3. The van der Waals surface area contributed by atoms with Crippen molar-refractivity contribution in [3.8, 4) is 0 Å². The van der Waals surface area contributed by atoms with E-state index in [9.17, 15) is 13.2 Å². The van der Waals surface area contributed by atoms with Gasteiger partial charge in [-0.25, -0.2) is 28.1 Å². The highest BCUT2D eigenvalue weighted by Crippen LogP contribution is 2.22. The third kappa shape index (κ3) is 4.87. The van der Waals surface area contributed by atoms with Crippen LogP contribution in [0.5, 0.6) is 0 Å². The average molecular weight is 419 g/mol. The summed E-state index contributed by atoms with van der Waals surface area (Å²) in [5.74, 6) is -0.223. The van der Waals surface area contributed by atoms with Gasteiger partial charge in [0.25, 0.3) is 10.0 Å². The smallest absolute Gasteiger partial charge is 0.264 e. The number of rotatable bonds is 7. The third-order valence-electron chi connectivity index (χ3n) is 3.65. The molecule has 2 N–H and O–H groups in total. The lowest BCUT2D eigenvalue weighted by Crippen LogP contribution is -2.23. The van der Waals surface area contributed by atoms with Crippen LogP contribution in [-0.4, -0.2) is 39.1 Å². The number of nitrogens with zero attached hydrogens (tertiary/aromatic N) is 4. The molecule has 3 aromatic rings. The zero-order chi connectivity index (χ0) is 20.1. The van der Waals surface area contributed by atoms with Crippen LogP contribution in [0.4, 0.5) is 11.6 Å². The predicted octanol–water partition coefficient (Wildman–Crippen LogP) is 2.13. The molecule has 2 heterocycles. The zero-order valence-corrected chi connectivity index (χ0v) is 16.7. The maximum Gasteiger partial charge on any atom is 0.264 e. The molecule has 0 fully saturated rings. The monoisotopic (exact) mass is 418 g/mol. The molecule has 11 heteroatoms. The van der Waals surface area contributed by atoms with E-state index in [1.807, 2.05) is 11.6 Å². The highest BCUT2D eigenvalue weighted by molar-refractivity contribution is 8.00. The molecule has 2 aromatic heterocycles. The molecular weight excluding hydrogens is 400 g/mol. The van der Waals surface area contributed by atoms with E-state index in [4.69, 9.17) is 0 Å². The molecule has 0 radical (unpaired) electrons. The molecule has 146 valence electrons. The maximum atomic E-state index is 12.4. The first-order valence-electron chi connectivity index (χ1n) is 8.20. The van der Waals surface area contributed by atoms with Crippen LogP contribution in [0.1, 0.15) is 6.92 Å². The summed E-state index contributed by atoms with van der Waals surface area (Å²) in [6.45, 7) is 1.78. The number of aryl methyl sites for hydroxylation is 1. The minimum Gasteiger partial charge on any atom is -0.329 e. The molecular formula is C17H18N6O3S2. The van der Waals surface area contributed by atoms with Crippen LogP contribution in [0.25, 0.3) is 0 Å². The lowest BCUT2D eigenvalue weighted by molar-refractivity contribution is -0.115. The van der Waals surface area contributed by atoms with Crippen molar-refractivity contribution in [1.82, 2.24) is 19.5 Å². The fourth-order valence-electron chi connectivity index (χ4n) is 2.17. The van der Waals surface area contributed by atoms with Crippen molar-refractivity contribution in [3.63, 3.8) is 0 Å². The number of nitrogens with one attached hydrogen (secondary N) is 2. The quantitative estimate of drug-likeness (QED) is 0.564. The maximum absolute atomic E-state index is 12.4. The molecule has 0 aliphatic carbocycles. The molecule has 0 spiro atoms. The van der Waals surface area contributed by atoms with Gasteiger partial charge in [-0.1, -0.05) is 11.8 Å².